The third-order valence-electron chi connectivity index (χ3n) is 7.65. The maximum atomic E-state index is 13.8. The lowest BCUT2D eigenvalue weighted by molar-refractivity contribution is -0.266. The van der Waals surface area contributed by atoms with E-state index in [2.05, 4.69) is 19.6 Å². The highest BCUT2D eigenvalue weighted by Gasteiger charge is 2.41. The highest BCUT2D eigenvalue weighted by atomic mass is 19.4. The van der Waals surface area contributed by atoms with Crippen molar-refractivity contribution in [1.29, 1.82) is 0 Å². The average molecular weight is 563 g/mol. The zero-order valence-electron chi connectivity index (χ0n) is 23.6. The van der Waals surface area contributed by atoms with Gasteiger partial charge in [-0.15, -0.1) is 0 Å². The lowest BCUT2D eigenvalue weighted by Gasteiger charge is -2.35. The van der Waals surface area contributed by atoms with E-state index in [9.17, 15) is 26.3 Å². The molecule has 14 heteroatoms. The fraction of sp³-hybridized carbons (Fsp3) is 1.00. The summed E-state index contributed by atoms with van der Waals surface area (Å²) in [6.45, 7) is 6.59. The maximum Gasteiger partial charge on any atom is 0.460 e. The van der Waals surface area contributed by atoms with Gasteiger partial charge in [-0.2, -0.15) is 26.3 Å². The van der Waals surface area contributed by atoms with Gasteiger partial charge in [0.2, 0.25) is 0 Å². The second-order valence-corrected chi connectivity index (χ2v) is 10.8. The van der Waals surface area contributed by atoms with E-state index in [0.29, 0.717) is 52.4 Å². The number of halogens is 6. The van der Waals surface area contributed by atoms with Crippen LogP contribution in [0.3, 0.4) is 0 Å². The van der Waals surface area contributed by atoms with Crippen LogP contribution in [-0.2, 0) is 0 Å². The quantitative estimate of drug-likeness (QED) is 0.319. The largest absolute Gasteiger partial charge is 0.460 e. The lowest BCUT2D eigenvalue weighted by atomic mass is 10.3. The Hall–Kier alpha value is -0.740. The predicted octanol–water partition coefficient (Wildman–Crippen LogP) is 0.988. The van der Waals surface area contributed by atoms with Crippen LogP contribution in [-0.4, -0.2) is 198 Å². The minimum absolute atomic E-state index is 0.140. The van der Waals surface area contributed by atoms with Crippen LogP contribution >= 0.6 is 0 Å². The van der Waals surface area contributed by atoms with Gasteiger partial charge in [0, 0.05) is 118 Å². The highest BCUT2D eigenvalue weighted by molar-refractivity contribution is 4.74. The number of hydrogen-bond acceptors (Lipinski definition) is 8. The third-order valence-corrected chi connectivity index (χ3v) is 7.65. The van der Waals surface area contributed by atoms with Crippen LogP contribution in [0.5, 0.6) is 0 Å². The summed E-state index contributed by atoms with van der Waals surface area (Å²) in [5.74, 6) is 0. The van der Waals surface area contributed by atoms with E-state index in [1.165, 1.54) is 0 Å². The fourth-order valence-corrected chi connectivity index (χ4v) is 4.55. The molecule has 0 aromatic heterocycles. The van der Waals surface area contributed by atoms with Crippen molar-refractivity contribution in [1.82, 2.24) is 39.2 Å². The second kappa shape index (κ2) is 15.9. The van der Waals surface area contributed by atoms with Crippen LogP contribution < -0.4 is 0 Å². The molecule has 2 bridgehead atoms. The van der Waals surface area contributed by atoms with Gasteiger partial charge in [0.1, 0.15) is 0 Å². The Kier molecular flexibility index (Phi) is 14.0. The van der Waals surface area contributed by atoms with Gasteiger partial charge in [-0.25, -0.2) is 9.80 Å². The van der Waals surface area contributed by atoms with Crippen molar-refractivity contribution in [2.24, 2.45) is 0 Å². The van der Waals surface area contributed by atoms with Crippen molar-refractivity contribution in [2.75, 3.05) is 146 Å². The van der Waals surface area contributed by atoms with E-state index < -0.39 is 25.7 Å². The molecule has 0 radical (unpaired) electrons. The first-order chi connectivity index (χ1) is 17.7. The molecule has 3 saturated heterocycles. The number of likely N-dealkylation sites (N-methyl/N-ethyl adjacent to an activating group) is 4. The van der Waals surface area contributed by atoms with Crippen molar-refractivity contribution < 1.29 is 26.3 Å². The Labute approximate surface area is 224 Å². The van der Waals surface area contributed by atoms with Gasteiger partial charge < -0.3 is 19.6 Å². The summed E-state index contributed by atoms with van der Waals surface area (Å²) >= 11 is 0. The summed E-state index contributed by atoms with van der Waals surface area (Å²) < 4.78 is 83.0. The zero-order chi connectivity index (χ0) is 28.3. The first kappa shape index (κ1) is 33.5. The molecule has 3 aliphatic rings. The highest BCUT2D eigenvalue weighted by Crippen LogP contribution is 2.24. The molecule has 8 nitrogen and oxygen atoms in total. The van der Waals surface area contributed by atoms with Crippen LogP contribution in [0.2, 0.25) is 0 Å². The van der Waals surface area contributed by atoms with E-state index in [1.807, 2.05) is 38.0 Å². The van der Waals surface area contributed by atoms with E-state index in [1.54, 1.807) is 0 Å². The Morgan fingerprint density at radius 1 is 0.316 bits per heavy atom. The van der Waals surface area contributed by atoms with Crippen molar-refractivity contribution in [3.05, 3.63) is 0 Å². The summed E-state index contributed by atoms with van der Waals surface area (Å²) in [4.78, 5) is 13.2. The van der Waals surface area contributed by atoms with Crippen molar-refractivity contribution in [3.63, 3.8) is 0 Å². The van der Waals surface area contributed by atoms with Crippen LogP contribution in [0.25, 0.3) is 0 Å². The van der Waals surface area contributed by atoms with Gasteiger partial charge in [0.25, 0.3) is 0 Å². The van der Waals surface area contributed by atoms with E-state index in [0.717, 1.165) is 26.2 Å². The van der Waals surface area contributed by atoms with Gasteiger partial charge in [0.15, 0.2) is 0 Å². The van der Waals surface area contributed by atoms with Crippen LogP contribution in [0.15, 0.2) is 0 Å². The van der Waals surface area contributed by atoms with Gasteiger partial charge in [-0.3, -0.25) is 9.80 Å². The molecule has 0 spiro atoms. The van der Waals surface area contributed by atoms with Crippen LogP contribution in [0.1, 0.15) is 0 Å². The number of fused-ring (bicyclic) bond motifs is 21. The van der Waals surface area contributed by atoms with Crippen molar-refractivity contribution >= 4 is 0 Å². The monoisotopic (exact) mass is 562 g/mol. The molecule has 3 rings (SSSR count). The van der Waals surface area contributed by atoms with Crippen molar-refractivity contribution in [3.8, 4) is 0 Å². The van der Waals surface area contributed by atoms with Crippen LogP contribution in [0, 0.1) is 0 Å². The minimum atomic E-state index is -4.70. The van der Waals surface area contributed by atoms with E-state index >= 15 is 0 Å². The summed E-state index contributed by atoms with van der Waals surface area (Å²) in [5.41, 5.74) is 0. The number of alkyl halides is 6. The molecular weight excluding hydrogens is 514 g/mol. The average Bonchev–Trinajstić information content (AvgIpc) is 2.82. The molecular formula is C24H48F6N8. The zero-order valence-corrected chi connectivity index (χ0v) is 23.6. The molecule has 0 aromatic rings. The smallest absolute Gasteiger partial charge is 0.304 e. The maximum absolute atomic E-state index is 13.8. The number of hydrogen-bond donors (Lipinski definition) is 0. The Bertz CT molecular complexity index is 570. The Morgan fingerprint density at radius 3 is 0.737 bits per heavy atom. The molecule has 3 aliphatic heterocycles. The van der Waals surface area contributed by atoms with E-state index in [4.69, 9.17) is 0 Å². The SMILES string of the molecule is CN1CCN(C)CCN2CCN(C)CCN(C)CCN(CC1)CCN(C(F)(F)F)CCN(C(F)(F)F)CC2. The van der Waals surface area contributed by atoms with Crippen molar-refractivity contribution in [2.45, 2.75) is 12.6 Å². The van der Waals surface area contributed by atoms with Crippen LogP contribution in [0.4, 0.5) is 26.3 Å². The first-order valence-electron chi connectivity index (χ1n) is 13.6. The van der Waals surface area contributed by atoms with Gasteiger partial charge >= 0.3 is 12.6 Å². The fourth-order valence-electron chi connectivity index (χ4n) is 4.55. The molecule has 0 unspecified atom stereocenters. The molecule has 3 heterocycles. The summed E-state index contributed by atoms with van der Waals surface area (Å²) in [6, 6.07) is 0. The molecule has 0 saturated carbocycles. The Morgan fingerprint density at radius 2 is 0.500 bits per heavy atom. The summed E-state index contributed by atoms with van der Waals surface area (Å²) in [7, 11) is 8.07. The van der Waals surface area contributed by atoms with Gasteiger partial charge in [-0.1, -0.05) is 0 Å². The topological polar surface area (TPSA) is 25.9 Å². The molecule has 0 amide bonds. The number of rotatable bonds is 0. The minimum Gasteiger partial charge on any atom is -0.304 e. The Balaban J connectivity index is 2.33. The molecule has 0 aliphatic carbocycles. The molecule has 3 fully saturated rings. The van der Waals surface area contributed by atoms with Gasteiger partial charge in [-0.05, 0) is 28.2 Å². The second-order valence-electron chi connectivity index (χ2n) is 10.8. The van der Waals surface area contributed by atoms with E-state index in [-0.39, 0.29) is 36.0 Å². The molecule has 0 N–H and O–H groups in total. The normalized spacial score (nSPS) is 28.9. The molecule has 38 heavy (non-hydrogen) atoms. The standard InChI is InChI=1S/C24H48F6N8/c1-31-5-6-32(2)10-15-36-16-12-34(4)8-7-33(3)11-14-35(13-9-31)17-19-37(23(25,26)27)21-22-38(20-18-36)24(28,29)30/h5-22H2,1-4H3. The summed E-state index contributed by atoms with van der Waals surface area (Å²) in [5, 5.41) is 0. The summed E-state index contributed by atoms with van der Waals surface area (Å²) in [6.07, 6.45) is -9.39. The third kappa shape index (κ3) is 13.1. The first-order valence-corrected chi connectivity index (χ1v) is 13.6. The number of nitrogens with zero attached hydrogens (tertiary/aromatic N) is 8. The molecule has 0 aromatic carbocycles. The molecule has 226 valence electrons. The predicted molar refractivity (Wildman–Crippen MR) is 138 cm³/mol. The lowest BCUT2D eigenvalue weighted by Crippen LogP contribution is -2.52. The van der Waals surface area contributed by atoms with Gasteiger partial charge in [0.05, 0.1) is 0 Å². The molecule has 0 atom stereocenters.